The quantitative estimate of drug-likeness (QED) is 0.146. The molecule has 0 aromatic heterocycles. The summed E-state index contributed by atoms with van der Waals surface area (Å²) in [6, 6.07) is 16.9. The van der Waals surface area contributed by atoms with Gasteiger partial charge >= 0.3 is 0 Å². The maximum atomic E-state index is 8.23. The van der Waals surface area contributed by atoms with E-state index in [-0.39, 0.29) is 0 Å². The van der Waals surface area contributed by atoms with E-state index < -0.39 is 0 Å². The number of rotatable bonds is 14. The monoisotopic (exact) mass is 573 g/mol. The normalized spacial score (nSPS) is 13.0. The van der Waals surface area contributed by atoms with Crippen LogP contribution in [0.5, 0.6) is 0 Å². The van der Waals surface area contributed by atoms with Crippen LogP contribution in [0.1, 0.15) is 49.4 Å². The lowest BCUT2D eigenvalue weighted by atomic mass is 9.81. The third kappa shape index (κ3) is 7.19. The second kappa shape index (κ2) is 16.4. The van der Waals surface area contributed by atoms with Crippen LogP contribution in [0.4, 0.5) is 0 Å². The van der Waals surface area contributed by atoms with Gasteiger partial charge in [0, 0.05) is 11.3 Å². The molecule has 0 radical (unpaired) electrons. The molecular weight excluding hydrogens is 530 g/mol. The highest BCUT2D eigenvalue weighted by Crippen LogP contribution is 2.43. The van der Waals surface area contributed by atoms with Crippen molar-refractivity contribution in [2.24, 2.45) is 0 Å². The molecule has 1 N–H and O–H groups in total. The van der Waals surface area contributed by atoms with Crippen LogP contribution in [0.15, 0.2) is 159 Å². The van der Waals surface area contributed by atoms with Crippen LogP contribution >= 0.6 is 0 Å². The lowest BCUT2D eigenvalue weighted by molar-refractivity contribution is 1.13. The summed E-state index contributed by atoms with van der Waals surface area (Å²) in [6.07, 6.45) is 26.4. The van der Waals surface area contributed by atoms with Crippen molar-refractivity contribution >= 4 is 39.8 Å². The standard InChI is InChI=1S/C43H43N/c1-9-16-18-19-24-39(35(13-5)32(12-4)23-17-10-2)43-37(15-7)36(14-6)42(40-25-20-21-26-41(40)43)34-29-27-33(28-30-34)38(22-11-3)31(8)44/h9-11,13-30,44H,1,3,5-7,12H2,2,4,8H3/b17-10-,18-16+,24-19-,32-23+,38-22+,39-35+,44-31?. The van der Waals surface area contributed by atoms with Crippen molar-refractivity contribution in [3.05, 3.63) is 182 Å². The largest absolute Gasteiger partial charge is 0.305 e. The predicted octanol–water partition coefficient (Wildman–Crippen LogP) is 12.6. The fraction of sp³-hybridized carbons (Fsp3) is 0.0930. The van der Waals surface area contributed by atoms with E-state index in [1.807, 2.05) is 55.5 Å². The van der Waals surface area contributed by atoms with Crippen molar-refractivity contribution in [1.29, 1.82) is 5.41 Å². The Balaban J connectivity index is 2.53. The van der Waals surface area contributed by atoms with Gasteiger partial charge in [0.15, 0.2) is 0 Å². The lowest BCUT2D eigenvalue weighted by Crippen LogP contribution is -2.01. The van der Waals surface area contributed by atoms with E-state index in [2.05, 4.69) is 107 Å². The van der Waals surface area contributed by atoms with Crippen molar-refractivity contribution < 1.29 is 0 Å². The summed E-state index contributed by atoms with van der Waals surface area (Å²) in [5.41, 5.74) is 10.9. The third-order valence-electron chi connectivity index (χ3n) is 7.48. The average Bonchev–Trinajstić information content (AvgIpc) is 3.05. The maximum Gasteiger partial charge on any atom is 0.0361 e. The fourth-order valence-electron chi connectivity index (χ4n) is 5.50. The molecule has 3 rings (SSSR count). The van der Waals surface area contributed by atoms with E-state index >= 15 is 0 Å². The van der Waals surface area contributed by atoms with Gasteiger partial charge in [0.05, 0.1) is 0 Å². The molecule has 0 aliphatic heterocycles. The summed E-state index contributed by atoms with van der Waals surface area (Å²) in [5.74, 6) is 0. The molecule has 0 amide bonds. The minimum Gasteiger partial charge on any atom is -0.305 e. The van der Waals surface area contributed by atoms with Crippen LogP contribution in [-0.4, -0.2) is 5.71 Å². The van der Waals surface area contributed by atoms with Crippen LogP contribution in [-0.2, 0) is 0 Å². The molecule has 0 aliphatic rings. The van der Waals surface area contributed by atoms with Crippen LogP contribution < -0.4 is 0 Å². The van der Waals surface area contributed by atoms with Gasteiger partial charge in [-0.25, -0.2) is 0 Å². The first-order valence-electron chi connectivity index (χ1n) is 14.9. The van der Waals surface area contributed by atoms with E-state index in [1.165, 1.54) is 5.57 Å². The Morgan fingerprint density at radius 1 is 0.773 bits per heavy atom. The smallest absolute Gasteiger partial charge is 0.0361 e. The van der Waals surface area contributed by atoms with E-state index in [1.54, 1.807) is 19.1 Å². The molecule has 0 bridgehead atoms. The molecule has 3 aromatic carbocycles. The minimum absolute atomic E-state index is 0.497. The second-order valence-corrected chi connectivity index (χ2v) is 10.1. The zero-order chi connectivity index (χ0) is 32.1. The van der Waals surface area contributed by atoms with Crippen LogP contribution in [0.25, 0.3) is 45.2 Å². The predicted molar refractivity (Wildman–Crippen MR) is 200 cm³/mol. The van der Waals surface area contributed by atoms with E-state index in [4.69, 9.17) is 5.41 Å². The van der Waals surface area contributed by atoms with Gasteiger partial charge in [-0.1, -0.05) is 167 Å². The summed E-state index contributed by atoms with van der Waals surface area (Å²) in [7, 11) is 0. The van der Waals surface area contributed by atoms with Crippen LogP contribution in [0.3, 0.4) is 0 Å². The molecule has 0 fully saturated rings. The third-order valence-corrected chi connectivity index (χ3v) is 7.48. The van der Waals surface area contributed by atoms with Gasteiger partial charge in [-0.2, -0.15) is 0 Å². The molecule has 1 heteroatoms. The Labute approximate surface area is 264 Å². The summed E-state index contributed by atoms with van der Waals surface area (Å²) in [4.78, 5) is 0. The number of allylic oxidation sites excluding steroid dienone is 15. The van der Waals surface area contributed by atoms with Crippen molar-refractivity contribution in [3.8, 4) is 11.1 Å². The van der Waals surface area contributed by atoms with Crippen LogP contribution in [0.2, 0.25) is 0 Å². The molecule has 220 valence electrons. The highest BCUT2D eigenvalue weighted by atomic mass is 14.4. The molecule has 0 spiro atoms. The van der Waals surface area contributed by atoms with E-state index in [0.717, 1.165) is 67.3 Å². The van der Waals surface area contributed by atoms with E-state index in [9.17, 15) is 0 Å². The molecule has 0 atom stereocenters. The maximum absolute atomic E-state index is 8.23. The zero-order valence-corrected chi connectivity index (χ0v) is 26.4. The van der Waals surface area contributed by atoms with Crippen molar-refractivity contribution in [2.75, 3.05) is 0 Å². The highest BCUT2D eigenvalue weighted by molar-refractivity contribution is 6.21. The molecular formula is C43H43N. The Morgan fingerprint density at radius 3 is 2.00 bits per heavy atom. The highest BCUT2D eigenvalue weighted by Gasteiger charge is 2.21. The molecule has 0 saturated heterocycles. The van der Waals surface area contributed by atoms with Crippen molar-refractivity contribution in [3.63, 3.8) is 0 Å². The first-order chi connectivity index (χ1) is 21.4. The Hall–Kier alpha value is -5.27. The number of hydrogen-bond acceptors (Lipinski definition) is 1. The van der Waals surface area contributed by atoms with Gasteiger partial charge < -0.3 is 5.41 Å². The Bertz CT molecular complexity index is 1770. The summed E-state index contributed by atoms with van der Waals surface area (Å²) >= 11 is 0. The van der Waals surface area contributed by atoms with Gasteiger partial charge in [0.2, 0.25) is 0 Å². The van der Waals surface area contributed by atoms with Crippen LogP contribution in [0, 0.1) is 5.41 Å². The first kappa shape index (κ1) is 33.2. The topological polar surface area (TPSA) is 23.9 Å². The first-order valence-corrected chi connectivity index (χ1v) is 14.9. The fourth-order valence-corrected chi connectivity index (χ4v) is 5.50. The van der Waals surface area contributed by atoms with Gasteiger partial charge in [-0.3, -0.25) is 0 Å². The number of fused-ring (bicyclic) bond motifs is 1. The molecule has 0 heterocycles. The van der Waals surface area contributed by atoms with Gasteiger partial charge in [-0.15, -0.1) is 0 Å². The van der Waals surface area contributed by atoms with E-state index in [0.29, 0.717) is 5.71 Å². The molecule has 1 nitrogen and oxygen atoms in total. The van der Waals surface area contributed by atoms with Crippen molar-refractivity contribution in [2.45, 2.75) is 27.2 Å². The van der Waals surface area contributed by atoms with Gasteiger partial charge in [0.25, 0.3) is 0 Å². The number of hydrogen-bond donors (Lipinski definition) is 1. The Morgan fingerprint density at radius 2 is 1.45 bits per heavy atom. The summed E-state index contributed by atoms with van der Waals surface area (Å²) in [6.45, 7) is 26.5. The second-order valence-electron chi connectivity index (χ2n) is 10.1. The Kier molecular flexibility index (Phi) is 12.4. The molecule has 0 aliphatic carbocycles. The molecule has 0 unspecified atom stereocenters. The SMILES string of the molecule is C=C/C=C(\C(C)=N)c1ccc(-c2c(C=C)c(C=C)c(C(/C=C\C=C\C=C)=C(C=C)/C(=C/C=C\C)CC)c3ccccc23)cc1. The minimum atomic E-state index is 0.497. The molecule has 44 heavy (non-hydrogen) atoms. The number of nitrogens with one attached hydrogen (secondary N) is 1. The molecule has 0 saturated carbocycles. The average molecular weight is 574 g/mol. The van der Waals surface area contributed by atoms with Gasteiger partial charge in [-0.05, 0) is 81.1 Å². The number of benzene rings is 3. The van der Waals surface area contributed by atoms with Gasteiger partial charge in [0.1, 0.15) is 0 Å². The lowest BCUT2D eigenvalue weighted by Gasteiger charge is -2.22. The summed E-state index contributed by atoms with van der Waals surface area (Å²) in [5, 5.41) is 10.5. The zero-order valence-electron chi connectivity index (χ0n) is 26.4. The van der Waals surface area contributed by atoms with Crippen molar-refractivity contribution in [1.82, 2.24) is 0 Å². The molecule has 3 aromatic rings. The summed E-state index contributed by atoms with van der Waals surface area (Å²) < 4.78 is 0.